The van der Waals surface area contributed by atoms with E-state index in [0.29, 0.717) is 22.3 Å². The highest BCUT2D eigenvalue weighted by atomic mass is 35.5. The maximum Gasteiger partial charge on any atom is 0.257 e. The van der Waals surface area contributed by atoms with Gasteiger partial charge in [-0.25, -0.2) is 0 Å². The normalized spacial score (nSPS) is 30.1. The number of Topliss-reactive ketones (excluding diaryl/α,β-unsaturated/α-hetero) is 1. The average molecular weight is 440 g/mol. The summed E-state index contributed by atoms with van der Waals surface area (Å²) >= 11 is 6.43. The number of halogens is 1. The second-order valence-corrected chi connectivity index (χ2v) is 8.83. The maximum absolute atomic E-state index is 13.0. The van der Waals surface area contributed by atoms with Crippen molar-refractivity contribution in [3.05, 3.63) is 63.2 Å². The zero-order chi connectivity index (χ0) is 22.2. The summed E-state index contributed by atoms with van der Waals surface area (Å²) in [6.07, 6.45) is 3.52. The Labute approximate surface area is 182 Å². The fraction of sp³-hybridized carbons (Fsp3) is 0.304. The molecule has 5 rings (SSSR count). The van der Waals surface area contributed by atoms with Gasteiger partial charge in [0.1, 0.15) is 5.75 Å². The molecule has 4 aliphatic rings. The molecule has 0 saturated carbocycles. The van der Waals surface area contributed by atoms with Crippen molar-refractivity contribution < 1.29 is 29.5 Å². The van der Waals surface area contributed by atoms with Crippen LogP contribution in [0.25, 0.3) is 0 Å². The molecular weight excluding hydrogens is 422 g/mol. The smallest absolute Gasteiger partial charge is 0.257 e. The minimum Gasteiger partial charge on any atom is -0.508 e. The number of aromatic hydroxyl groups is 1. The number of ketones is 2. The fourth-order valence-electron chi connectivity index (χ4n) is 5.47. The van der Waals surface area contributed by atoms with Crippen molar-refractivity contribution in [2.45, 2.75) is 25.7 Å². The number of allylic oxidation sites excluding steroid dienone is 6. The Morgan fingerprint density at radius 2 is 1.84 bits per heavy atom. The number of hydrogen-bond donors (Lipinski definition) is 2. The van der Waals surface area contributed by atoms with Crippen molar-refractivity contribution in [1.29, 1.82) is 0 Å². The summed E-state index contributed by atoms with van der Waals surface area (Å²) in [5.41, 5.74) is 2.23. The molecule has 1 aromatic rings. The Morgan fingerprint density at radius 3 is 2.55 bits per heavy atom. The highest BCUT2D eigenvalue weighted by Gasteiger charge is 2.56. The number of rotatable bonds is 1. The third-order valence-electron chi connectivity index (χ3n) is 6.83. The number of amides is 2. The van der Waals surface area contributed by atoms with Crippen LogP contribution in [0, 0.1) is 17.8 Å². The lowest BCUT2D eigenvalue weighted by atomic mass is 9.59. The highest BCUT2D eigenvalue weighted by Crippen LogP contribution is 2.55. The molecule has 1 aromatic carbocycles. The van der Waals surface area contributed by atoms with Crippen LogP contribution in [-0.2, 0) is 19.2 Å². The lowest BCUT2D eigenvalue weighted by Gasteiger charge is -2.42. The summed E-state index contributed by atoms with van der Waals surface area (Å²) in [6, 6.07) is 4.42. The highest BCUT2D eigenvalue weighted by molar-refractivity contribution is 6.32. The van der Waals surface area contributed by atoms with E-state index in [1.807, 2.05) is 6.08 Å². The monoisotopic (exact) mass is 439 g/mol. The van der Waals surface area contributed by atoms with Crippen LogP contribution in [0.15, 0.2) is 52.6 Å². The molecule has 2 amide bonds. The molecule has 0 radical (unpaired) electrons. The summed E-state index contributed by atoms with van der Waals surface area (Å²) in [7, 11) is 0. The number of imide groups is 1. The minimum absolute atomic E-state index is 0.0396. The molecule has 3 aliphatic carbocycles. The predicted molar refractivity (Wildman–Crippen MR) is 108 cm³/mol. The van der Waals surface area contributed by atoms with Gasteiger partial charge in [-0.05, 0) is 49.5 Å². The summed E-state index contributed by atoms with van der Waals surface area (Å²) in [4.78, 5) is 51.1. The van der Waals surface area contributed by atoms with Crippen LogP contribution in [0.5, 0.6) is 5.75 Å². The van der Waals surface area contributed by atoms with Gasteiger partial charge in [-0.3, -0.25) is 24.4 Å². The van der Waals surface area contributed by atoms with Crippen molar-refractivity contribution >= 4 is 35.0 Å². The van der Waals surface area contributed by atoms with Crippen LogP contribution in [-0.4, -0.2) is 38.8 Å². The van der Waals surface area contributed by atoms with Crippen molar-refractivity contribution in [3.63, 3.8) is 0 Å². The van der Waals surface area contributed by atoms with Gasteiger partial charge in [0.25, 0.3) is 11.8 Å². The number of carbonyl (C=O) groups excluding carboxylic acids is 4. The molecule has 31 heavy (non-hydrogen) atoms. The van der Waals surface area contributed by atoms with Gasteiger partial charge in [0.15, 0.2) is 11.6 Å². The lowest BCUT2D eigenvalue weighted by molar-refractivity contribution is -0.173. The Kier molecular flexibility index (Phi) is 4.32. The number of nitrogens with zero attached hydrogens (tertiary/aromatic N) is 1. The lowest BCUT2D eigenvalue weighted by Crippen LogP contribution is -2.39. The zero-order valence-corrected chi connectivity index (χ0v) is 17.2. The first-order chi connectivity index (χ1) is 14.7. The number of phenols is 1. The van der Waals surface area contributed by atoms with E-state index in [2.05, 4.69) is 0 Å². The maximum atomic E-state index is 13.0. The Morgan fingerprint density at radius 1 is 1.10 bits per heavy atom. The molecule has 1 aliphatic heterocycles. The Balaban J connectivity index is 1.74. The van der Waals surface area contributed by atoms with E-state index >= 15 is 0 Å². The Bertz CT molecular complexity index is 1190. The topological polar surface area (TPSA) is 112 Å². The minimum atomic E-state index is -0.806. The van der Waals surface area contributed by atoms with E-state index in [-0.39, 0.29) is 40.2 Å². The first kappa shape index (κ1) is 19.9. The zero-order valence-electron chi connectivity index (χ0n) is 16.5. The first-order valence-corrected chi connectivity index (χ1v) is 10.3. The second kappa shape index (κ2) is 6.73. The molecule has 0 bridgehead atoms. The summed E-state index contributed by atoms with van der Waals surface area (Å²) in [6.45, 7) is 1.57. The number of carbonyl (C=O) groups is 4. The van der Waals surface area contributed by atoms with Crippen LogP contribution >= 0.6 is 11.6 Å². The molecule has 0 unspecified atom stereocenters. The molecule has 2 N–H and O–H groups in total. The van der Waals surface area contributed by atoms with Gasteiger partial charge in [-0.2, -0.15) is 5.06 Å². The van der Waals surface area contributed by atoms with E-state index in [1.165, 1.54) is 18.2 Å². The van der Waals surface area contributed by atoms with Crippen molar-refractivity contribution in [1.82, 2.24) is 5.06 Å². The SMILES string of the molecule is CC1=CC(=O)C2=C(C[C@@H]3C(=CC[C@@H]4C(=O)N(O)C(=O)[C@@H]43)[C@@H]2c2ccc(O)cc2Cl)C1=O. The van der Waals surface area contributed by atoms with Gasteiger partial charge in [0.05, 0.1) is 11.8 Å². The van der Waals surface area contributed by atoms with E-state index in [1.54, 1.807) is 13.0 Å². The third-order valence-corrected chi connectivity index (χ3v) is 7.16. The predicted octanol–water partition coefficient (Wildman–Crippen LogP) is 2.86. The summed E-state index contributed by atoms with van der Waals surface area (Å²) < 4.78 is 0. The van der Waals surface area contributed by atoms with E-state index in [9.17, 15) is 29.5 Å². The van der Waals surface area contributed by atoms with Crippen molar-refractivity contribution in [3.8, 4) is 5.75 Å². The number of fused-ring (bicyclic) bond motifs is 3. The van der Waals surface area contributed by atoms with Crippen LogP contribution in [0.1, 0.15) is 31.2 Å². The van der Waals surface area contributed by atoms with Crippen molar-refractivity contribution in [2.75, 3.05) is 0 Å². The third kappa shape index (κ3) is 2.70. The van der Waals surface area contributed by atoms with Crippen molar-refractivity contribution in [2.24, 2.45) is 17.8 Å². The van der Waals surface area contributed by atoms with E-state index in [0.717, 1.165) is 5.57 Å². The van der Waals surface area contributed by atoms with Gasteiger partial charge in [0, 0.05) is 27.7 Å². The number of benzene rings is 1. The molecule has 158 valence electrons. The van der Waals surface area contributed by atoms with Gasteiger partial charge in [0.2, 0.25) is 0 Å². The molecule has 1 heterocycles. The Hall–Kier alpha value is -3.03. The number of hydroxylamine groups is 2. The van der Waals surface area contributed by atoms with E-state index in [4.69, 9.17) is 11.6 Å². The van der Waals surface area contributed by atoms with Crippen LogP contribution in [0.4, 0.5) is 0 Å². The molecule has 1 saturated heterocycles. The number of phenolic OH excluding ortho intramolecular Hbond substituents is 1. The molecular formula is C23H18ClNO6. The van der Waals surface area contributed by atoms with Gasteiger partial charge < -0.3 is 5.11 Å². The van der Waals surface area contributed by atoms with Gasteiger partial charge in [-0.1, -0.05) is 29.3 Å². The summed E-state index contributed by atoms with van der Waals surface area (Å²) in [5, 5.41) is 20.1. The van der Waals surface area contributed by atoms with Crippen LogP contribution < -0.4 is 0 Å². The second-order valence-electron chi connectivity index (χ2n) is 8.42. The first-order valence-electron chi connectivity index (χ1n) is 9.96. The van der Waals surface area contributed by atoms with Crippen LogP contribution in [0.2, 0.25) is 5.02 Å². The van der Waals surface area contributed by atoms with Crippen LogP contribution in [0.3, 0.4) is 0 Å². The molecule has 8 heteroatoms. The van der Waals surface area contributed by atoms with Gasteiger partial charge >= 0.3 is 0 Å². The molecule has 0 aromatic heterocycles. The quantitative estimate of drug-likeness (QED) is 0.301. The molecule has 4 atom stereocenters. The number of hydrogen-bond acceptors (Lipinski definition) is 6. The molecule has 7 nitrogen and oxygen atoms in total. The van der Waals surface area contributed by atoms with Gasteiger partial charge in [-0.15, -0.1) is 0 Å². The fourth-order valence-corrected chi connectivity index (χ4v) is 5.75. The summed E-state index contributed by atoms with van der Waals surface area (Å²) in [5.74, 6) is -4.65. The molecule has 1 fully saturated rings. The van der Waals surface area contributed by atoms with E-state index < -0.39 is 35.5 Å². The standard InChI is InChI=1S/C23H18ClNO6/c1-9-6-17(27)20-15(21(9)28)8-14-11(18(20)12-3-2-10(26)7-16(12)24)4-5-13-19(14)23(30)25(31)22(13)29/h2-4,6-7,13-14,18-19,26,31H,5,8H2,1H3/t13-,14+,18+,19-/m0/s1. The molecule has 0 spiro atoms. The largest absolute Gasteiger partial charge is 0.508 e. The average Bonchev–Trinajstić information content (AvgIpc) is 2.95.